The second-order valence-corrected chi connectivity index (χ2v) is 8.08. The first-order valence-corrected chi connectivity index (χ1v) is 9.66. The van der Waals surface area contributed by atoms with Gasteiger partial charge in [0.25, 0.3) is 15.7 Å². The Morgan fingerprint density at radius 1 is 1.19 bits per heavy atom. The fourth-order valence-corrected chi connectivity index (χ4v) is 4.00. The first-order valence-electron chi connectivity index (χ1n) is 8.22. The van der Waals surface area contributed by atoms with Gasteiger partial charge in [-0.1, -0.05) is 32.0 Å². The van der Waals surface area contributed by atoms with Gasteiger partial charge in [0.15, 0.2) is 0 Å². The van der Waals surface area contributed by atoms with Crippen LogP contribution in [0, 0.1) is 10.1 Å². The van der Waals surface area contributed by atoms with Gasteiger partial charge in [0.1, 0.15) is 0 Å². The van der Waals surface area contributed by atoms with Crippen LogP contribution in [0.5, 0.6) is 0 Å². The molecule has 0 bridgehead atoms. The van der Waals surface area contributed by atoms with Gasteiger partial charge >= 0.3 is 5.97 Å². The number of hydrogen-bond acceptors (Lipinski definition) is 5. The molecule has 0 saturated heterocycles. The SMILES string of the molecule is CC(C)c1ccc(N(CCC(=O)O)S(=O)(=O)c2cccc([N+](=O)[O-])c2)cc1. The number of carboxylic acids is 1. The predicted octanol–water partition coefficient (Wildman–Crippen LogP) is 3.39. The van der Waals surface area contributed by atoms with Gasteiger partial charge in [0, 0.05) is 18.7 Å². The number of carboxylic acid groups (broad SMARTS) is 1. The number of carbonyl (C=O) groups is 1. The van der Waals surface area contributed by atoms with E-state index in [0.29, 0.717) is 5.69 Å². The molecule has 0 unspecified atom stereocenters. The number of hydrogen-bond donors (Lipinski definition) is 1. The summed E-state index contributed by atoms with van der Waals surface area (Å²) in [5, 5.41) is 19.9. The second kappa shape index (κ2) is 8.17. The fraction of sp³-hybridized carbons (Fsp3) is 0.278. The fourth-order valence-electron chi connectivity index (χ4n) is 2.50. The molecule has 0 spiro atoms. The summed E-state index contributed by atoms with van der Waals surface area (Å²) in [6.45, 7) is 3.70. The normalized spacial score (nSPS) is 11.4. The molecule has 8 nitrogen and oxygen atoms in total. The lowest BCUT2D eigenvalue weighted by atomic mass is 10.0. The molecule has 0 atom stereocenters. The average Bonchev–Trinajstić information content (AvgIpc) is 2.62. The van der Waals surface area contributed by atoms with Crippen molar-refractivity contribution >= 4 is 27.4 Å². The first-order chi connectivity index (χ1) is 12.6. The number of nitro groups is 1. The molecule has 27 heavy (non-hydrogen) atoms. The molecule has 2 aromatic rings. The molecule has 0 aromatic heterocycles. The minimum Gasteiger partial charge on any atom is -0.481 e. The zero-order valence-corrected chi connectivity index (χ0v) is 15.7. The van der Waals surface area contributed by atoms with Gasteiger partial charge in [-0.25, -0.2) is 8.42 Å². The molecule has 2 aromatic carbocycles. The highest BCUT2D eigenvalue weighted by atomic mass is 32.2. The van der Waals surface area contributed by atoms with Crippen molar-refractivity contribution < 1.29 is 23.2 Å². The Hall–Kier alpha value is -2.94. The Morgan fingerprint density at radius 2 is 1.81 bits per heavy atom. The summed E-state index contributed by atoms with van der Waals surface area (Å²) < 4.78 is 27.1. The van der Waals surface area contributed by atoms with E-state index in [2.05, 4.69) is 0 Å². The summed E-state index contributed by atoms with van der Waals surface area (Å²) in [7, 11) is -4.17. The highest BCUT2D eigenvalue weighted by Gasteiger charge is 2.27. The Labute approximate surface area is 157 Å². The third-order valence-electron chi connectivity index (χ3n) is 3.99. The number of rotatable bonds is 8. The van der Waals surface area contributed by atoms with Crippen molar-refractivity contribution in [2.24, 2.45) is 0 Å². The van der Waals surface area contributed by atoms with Crippen LogP contribution in [0.3, 0.4) is 0 Å². The molecule has 0 aliphatic carbocycles. The van der Waals surface area contributed by atoms with Crippen LogP contribution in [0.25, 0.3) is 0 Å². The zero-order valence-electron chi connectivity index (χ0n) is 14.9. The predicted molar refractivity (Wildman–Crippen MR) is 100 cm³/mol. The van der Waals surface area contributed by atoms with Crippen LogP contribution in [0.1, 0.15) is 31.7 Å². The van der Waals surface area contributed by atoms with E-state index in [1.54, 1.807) is 24.3 Å². The number of sulfonamides is 1. The summed E-state index contributed by atoms with van der Waals surface area (Å²) in [6, 6.07) is 11.4. The van der Waals surface area contributed by atoms with Crippen molar-refractivity contribution in [3.63, 3.8) is 0 Å². The maximum absolute atomic E-state index is 13.0. The van der Waals surface area contributed by atoms with Gasteiger partial charge in [0.05, 0.1) is 21.9 Å². The molecule has 144 valence electrons. The van der Waals surface area contributed by atoms with Crippen molar-refractivity contribution in [1.29, 1.82) is 0 Å². The van der Waals surface area contributed by atoms with Crippen LogP contribution in [-0.2, 0) is 14.8 Å². The largest absolute Gasteiger partial charge is 0.481 e. The summed E-state index contributed by atoms with van der Waals surface area (Å²) in [5.74, 6) is -0.895. The van der Waals surface area contributed by atoms with Crippen LogP contribution in [-0.4, -0.2) is 31.0 Å². The number of benzene rings is 2. The van der Waals surface area contributed by atoms with Crippen LogP contribution in [0.4, 0.5) is 11.4 Å². The lowest BCUT2D eigenvalue weighted by Crippen LogP contribution is -2.33. The zero-order chi connectivity index (χ0) is 20.2. The Morgan fingerprint density at radius 3 is 2.33 bits per heavy atom. The van der Waals surface area contributed by atoms with Crippen LogP contribution in [0.2, 0.25) is 0 Å². The molecular weight excluding hydrogens is 372 g/mol. The second-order valence-electron chi connectivity index (χ2n) is 6.22. The summed E-state index contributed by atoms with van der Waals surface area (Å²) in [5.41, 5.74) is 0.946. The van der Waals surface area contributed by atoms with Gasteiger partial charge in [-0.2, -0.15) is 0 Å². The van der Waals surface area contributed by atoms with E-state index < -0.39 is 27.3 Å². The average molecular weight is 392 g/mol. The van der Waals surface area contributed by atoms with Gasteiger partial charge in [-0.15, -0.1) is 0 Å². The summed E-state index contributed by atoms with van der Waals surface area (Å²) >= 11 is 0. The van der Waals surface area contributed by atoms with E-state index in [0.717, 1.165) is 15.9 Å². The van der Waals surface area contributed by atoms with E-state index >= 15 is 0 Å². The molecule has 1 N–H and O–H groups in total. The van der Waals surface area contributed by atoms with Crippen molar-refractivity contribution in [2.45, 2.75) is 31.1 Å². The standard InChI is InChI=1S/C18H20N2O6S/c1-13(2)14-6-8-15(9-7-14)19(11-10-18(21)22)27(25,26)17-5-3-4-16(12-17)20(23)24/h3-9,12-13H,10-11H2,1-2H3,(H,21,22). The Bertz CT molecular complexity index is 939. The molecule has 0 fully saturated rings. The first kappa shape index (κ1) is 20.4. The van der Waals surface area contributed by atoms with Crippen molar-refractivity contribution in [3.8, 4) is 0 Å². The lowest BCUT2D eigenvalue weighted by Gasteiger charge is -2.24. The van der Waals surface area contributed by atoms with Crippen molar-refractivity contribution in [1.82, 2.24) is 0 Å². The topological polar surface area (TPSA) is 118 Å². The summed E-state index contributed by atoms with van der Waals surface area (Å²) in [6.07, 6.45) is -0.403. The van der Waals surface area contributed by atoms with Crippen molar-refractivity contribution in [2.75, 3.05) is 10.8 Å². The molecule has 0 heterocycles. The molecule has 2 rings (SSSR count). The monoisotopic (exact) mass is 392 g/mol. The lowest BCUT2D eigenvalue weighted by molar-refractivity contribution is -0.385. The highest BCUT2D eigenvalue weighted by Crippen LogP contribution is 2.27. The quantitative estimate of drug-likeness (QED) is 0.543. The number of anilines is 1. The minimum absolute atomic E-state index is 0.250. The Balaban J connectivity index is 2.50. The van der Waals surface area contributed by atoms with Gasteiger partial charge < -0.3 is 5.11 Å². The Kier molecular flexibility index (Phi) is 6.17. The smallest absolute Gasteiger partial charge is 0.305 e. The van der Waals surface area contributed by atoms with E-state index in [-0.39, 0.29) is 23.0 Å². The maximum atomic E-state index is 13.0. The maximum Gasteiger partial charge on any atom is 0.305 e. The van der Waals surface area contributed by atoms with Gasteiger partial charge in [-0.3, -0.25) is 19.2 Å². The molecule has 0 saturated carbocycles. The number of nitrogens with zero attached hydrogens (tertiary/aromatic N) is 2. The third-order valence-corrected chi connectivity index (χ3v) is 5.82. The molecule has 9 heteroatoms. The van der Waals surface area contributed by atoms with Gasteiger partial charge in [-0.05, 0) is 29.7 Å². The molecule has 0 amide bonds. The molecule has 0 aliphatic rings. The van der Waals surface area contributed by atoms with E-state index in [9.17, 15) is 23.3 Å². The van der Waals surface area contributed by atoms with Crippen LogP contribution >= 0.6 is 0 Å². The summed E-state index contributed by atoms with van der Waals surface area (Å²) in [4.78, 5) is 21.0. The van der Waals surface area contributed by atoms with Gasteiger partial charge in [0.2, 0.25) is 0 Å². The van der Waals surface area contributed by atoms with E-state index in [1.165, 1.54) is 18.2 Å². The van der Waals surface area contributed by atoms with E-state index in [1.807, 2.05) is 13.8 Å². The van der Waals surface area contributed by atoms with Crippen LogP contribution in [0.15, 0.2) is 53.4 Å². The molecular formula is C18H20N2O6S. The van der Waals surface area contributed by atoms with Crippen LogP contribution < -0.4 is 4.31 Å². The van der Waals surface area contributed by atoms with Crippen molar-refractivity contribution in [3.05, 3.63) is 64.2 Å². The highest BCUT2D eigenvalue weighted by molar-refractivity contribution is 7.92. The number of aliphatic carboxylic acids is 1. The number of nitro benzene ring substituents is 1. The third kappa shape index (κ3) is 4.82. The van der Waals surface area contributed by atoms with E-state index in [4.69, 9.17) is 5.11 Å². The number of non-ortho nitro benzene ring substituents is 1. The molecule has 0 radical (unpaired) electrons. The molecule has 0 aliphatic heterocycles. The minimum atomic E-state index is -4.17.